The van der Waals surface area contributed by atoms with Crippen LogP contribution >= 0.6 is 11.6 Å². The van der Waals surface area contributed by atoms with Crippen LogP contribution in [0.25, 0.3) is 0 Å². The van der Waals surface area contributed by atoms with Gasteiger partial charge in [0.15, 0.2) is 6.61 Å². The normalized spacial score (nSPS) is 12.0. The average Bonchev–Trinajstić information content (AvgIpc) is 2.34. The number of hydrogen-bond acceptors (Lipinski definition) is 3. The molecule has 0 aromatic heterocycles. The van der Waals surface area contributed by atoms with Crippen LogP contribution in [0.3, 0.4) is 0 Å². The fourth-order valence-corrected chi connectivity index (χ4v) is 1.55. The highest BCUT2D eigenvalue weighted by molar-refractivity contribution is 6.30. The number of nitrogens with one attached hydrogen (secondary N) is 1. The van der Waals surface area contributed by atoms with Crippen molar-refractivity contribution in [2.45, 2.75) is 13.8 Å². The van der Waals surface area contributed by atoms with Crippen LogP contribution < -0.4 is 10.1 Å². The van der Waals surface area contributed by atoms with E-state index in [-0.39, 0.29) is 25.0 Å². The van der Waals surface area contributed by atoms with E-state index in [1.54, 1.807) is 18.2 Å². The van der Waals surface area contributed by atoms with Gasteiger partial charge in [-0.3, -0.25) is 4.79 Å². The number of carbonyl (C=O) groups is 1. The van der Waals surface area contributed by atoms with Crippen LogP contribution in [0, 0.1) is 12.8 Å². The van der Waals surface area contributed by atoms with E-state index in [2.05, 4.69) is 5.32 Å². The van der Waals surface area contributed by atoms with Crippen molar-refractivity contribution < 1.29 is 14.6 Å². The highest BCUT2D eigenvalue weighted by Gasteiger charge is 2.07. The molecule has 1 atom stereocenters. The van der Waals surface area contributed by atoms with Gasteiger partial charge in [0.2, 0.25) is 0 Å². The highest BCUT2D eigenvalue weighted by atomic mass is 35.5. The first kappa shape index (κ1) is 14.8. The molecule has 0 aliphatic rings. The Kier molecular flexibility index (Phi) is 5.95. The van der Waals surface area contributed by atoms with Crippen LogP contribution in [-0.2, 0) is 4.79 Å². The molecule has 0 radical (unpaired) electrons. The molecule has 0 heterocycles. The monoisotopic (exact) mass is 271 g/mol. The van der Waals surface area contributed by atoms with Crippen LogP contribution in [0.4, 0.5) is 0 Å². The van der Waals surface area contributed by atoms with Crippen molar-refractivity contribution in [2.75, 3.05) is 19.8 Å². The third-order valence-corrected chi connectivity index (χ3v) is 2.69. The van der Waals surface area contributed by atoms with Crippen LogP contribution in [0.5, 0.6) is 5.75 Å². The number of hydrogen-bond donors (Lipinski definition) is 2. The molecule has 0 spiro atoms. The molecular weight excluding hydrogens is 254 g/mol. The average molecular weight is 272 g/mol. The molecule has 0 bridgehead atoms. The molecule has 18 heavy (non-hydrogen) atoms. The number of aliphatic hydroxyl groups excluding tert-OH is 1. The maximum absolute atomic E-state index is 11.5. The summed E-state index contributed by atoms with van der Waals surface area (Å²) in [6.45, 7) is 4.17. The van der Waals surface area contributed by atoms with Gasteiger partial charge < -0.3 is 15.2 Å². The van der Waals surface area contributed by atoms with Gasteiger partial charge in [-0.15, -0.1) is 0 Å². The Balaban J connectivity index is 2.38. The topological polar surface area (TPSA) is 58.6 Å². The smallest absolute Gasteiger partial charge is 0.257 e. The van der Waals surface area contributed by atoms with Crippen LogP contribution in [0.15, 0.2) is 18.2 Å². The SMILES string of the molecule is Cc1cc(Cl)ccc1OCC(=O)NCC(C)CO. The minimum atomic E-state index is -0.204. The molecular formula is C13H18ClNO3. The zero-order valence-corrected chi connectivity index (χ0v) is 11.3. The lowest BCUT2D eigenvalue weighted by atomic mass is 10.2. The summed E-state index contributed by atoms with van der Waals surface area (Å²) in [7, 11) is 0. The Morgan fingerprint density at radius 1 is 1.56 bits per heavy atom. The third-order valence-electron chi connectivity index (χ3n) is 2.46. The second kappa shape index (κ2) is 7.24. The molecule has 0 fully saturated rings. The first-order valence-electron chi connectivity index (χ1n) is 5.79. The van der Waals surface area contributed by atoms with E-state index in [0.29, 0.717) is 17.3 Å². The van der Waals surface area contributed by atoms with Crippen molar-refractivity contribution in [3.63, 3.8) is 0 Å². The van der Waals surface area contributed by atoms with Gasteiger partial charge in [-0.05, 0) is 36.6 Å². The maximum atomic E-state index is 11.5. The molecule has 1 amide bonds. The molecule has 1 aromatic carbocycles. The molecule has 4 nitrogen and oxygen atoms in total. The predicted octanol–water partition coefficient (Wildman–Crippen LogP) is 1.77. The van der Waals surface area contributed by atoms with E-state index >= 15 is 0 Å². The van der Waals surface area contributed by atoms with E-state index in [0.717, 1.165) is 5.56 Å². The van der Waals surface area contributed by atoms with Crippen molar-refractivity contribution in [1.29, 1.82) is 0 Å². The summed E-state index contributed by atoms with van der Waals surface area (Å²) in [6, 6.07) is 5.24. The molecule has 1 rings (SSSR count). The van der Waals surface area contributed by atoms with Gasteiger partial charge in [-0.2, -0.15) is 0 Å². The molecule has 1 aromatic rings. The molecule has 0 aliphatic carbocycles. The molecule has 100 valence electrons. The number of benzene rings is 1. The number of aliphatic hydroxyl groups is 1. The summed E-state index contributed by atoms with van der Waals surface area (Å²) >= 11 is 5.82. The van der Waals surface area contributed by atoms with Crippen LogP contribution in [-0.4, -0.2) is 30.8 Å². The van der Waals surface area contributed by atoms with Gasteiger partial charge in [-0.25, -0.2) is 0 Å². The summed E-state index contributed by atoms with van der Waals surface area (Å²) in [4.78, 5) is 11.5. The number of rotatable bonds is 6. The van der Waals surface area contributed by atoms with Gasteiger partial charge in [0.25, 0.3) is 5.91 Å². The Labute approximate surface area is 112 Å². The lowest BCUT2D eigenvalue weighted by Gasteiger charge is -2.11. The Morgan fingerprint density at radius 2 is 2.28 bits per heavy atom. The number of carbonyl (C=O) groups excluding carboxylic acids is 1. The minimum absolute atomic E-state index is 0.0411. The van der Waals surface area contributed by atoms with Gasteiger partial charge in [-0.1, -0.05) is 18.5 Å². The molecule has 1 unspecified atom stereocenters. The largest absolute Gasteiger partial charge is 0.484 e. The fraction of sp³-hybridized carbons (Fsp3) is 0.462. The van der Waals surface area contributed by atoms with Crippen molar-refractivity contribution >= 4 is 17.5 Å². The third kappa shape index (κ3) is 4.94. The lowest BCUT2D eigenvalue weighted by Crippen LogP contribution is -2.33. The number of halogens is 1. The number of aryl methyl sites for hydroxylation is 1. The molecule has 0 saturated heterocycles. The maximum Gasteiger partial charge on any atom is 0.257 e. The van der Waals surface area contributed by atoms with Gasteiger partial charge in [0, 0.05) is 18.2 Å². The second-order valence-electron chi connectivity index (χ2n) is 4.29. The molecule has 0 saturated carbocycles. The van der Waals surface area contributed by atoms with Gasteiger partial charge in [0.1, 0.15) is 5.75 Å². The van der Waals surface area contributed by atoms with Crippen molar-refractivity contribution in [1.82, 2.24) is 5.32 Å². The summed E-state index contributed by atoms with van der Waals surface area (Å²) in [5.41, 5.74) is 0.888. The standard InChI is InChI=1S/C13H18ClNO3/c1-9(7-16)6-15-13(17)8-18-12-4-3-11(14)5-10(12)2/h3-5,9,16H,6-8H2,1-2H3,(H,15,17). The molecule has 5 heteroatoms. The van der Waals surface area contributed by atoms with Crippen LogP contribution in [0.2, 0.25) is 5.02 Å². The number of amides is 1. The second-order valence-corrected chi connectivity index (χ2v) is 4.73. The number of ether oxygens (including phenoxy) is 1. The summed E-state index contributed by atoms with van der Waals surface area (Å²) in [5, 5.41) is 12.1. The quantitative estimate of drug-likeness (QED) is 0.829. The van der Waals surface area contributed by atoms with Crippen molar-refractivity contribution in [3.8, 4) is 5.75 Å². The Bertz CT molecular complexity index is 409. The summed E-state index contributed by atoms with van der Waals surface area (Å²) in [5.74, 6) is 0.487. The first-order chi connectivity index (χ1) is 8.52. The first-order valence-corrected chi connectivity index (χ1v) is 6.17. The van der Waals surface area contributed by atoms with E-state index in [4.69, 9.17) is 21.4 Å². The molecule has 2 N–H and O–H groups in total. The highest BCUT2D eigenvalue weighted by Crippen LogP contribution is 2.21. The fourth-order valence-electron chi connectivity index (χ4n) is 1.32. The van der Waals surface area contributed by atoms with E-state index in [1.165, 1.54) is 0 Å². The summed E-state index contributed by atoms with van der Waals surface area (Å²) < 4.78 is 5.39. The van der Waals surface area contributed by atoms with Gasteiger partial charge >= 0.3 is 0 Å². The molecule has 0 aliphatic heterocycles. The van der Waals surface area contributed by atoms with Gasteiger partial charge in [0.05, 0.1) is 0 Å². The minimum Gasteiger partial charge on any atom is -0.484 e. The van der Waals surface area contributed by atoms with E-state index in [9.17, 15) is 4.79 Å². The van der Waals surface area contributed by atoms with Crippen molar-refractivity contribution in [2.24, 2.45) is 5.92 Å². The predicted molar refractivity (Wildman–Crippen MR) is 70.9 cm³/mol. The van der Waals surface area contributed by atoms with Crippen LogP contribution in [0.1, 0.15) is 12.5 Å². The Hall–Kier alpha value is -1.26. The van der Waals surface area contributed by atoms with E-state index in [1.807, 2.05) is 13.8 Å². The zero-order valence-electron chi connectivity index (χ0n) is 10.6. The Morgan fingerprint density at radius 3 is 2.89 bits per heavy atom. The summed E-state index contributed by atoms with van der Waals surface area (Å²) in [6.07, 6.45) is 0. The zero-order chi connectivity index (χ0) is 13.5. The van der Waals surface area contributed by atoms with Crippen molar-refractivity contribution in [3.05, 3.63) is 28.8 Å². The van der Waals surface area contributed by atoms with E-state index < -0.39 is 0 Å². The lowest BCUT2D eigenvalue weighted by molar-refractivity contribution is -0.123.